The zero-order valence-corrected chi connectivity index (χ0v) is 9.74. The fourth-order valence-electron chi connectivity index (χ4n) is 2.82. The first kappa shape index (κ1) is 10.3. The topological polar surface area (TPSA) is 46.2 Å². The maximum Gasteiger partial charge on any atom is 0.0901 e. The first-order valence-corrected chi connectivity index (χ1v) is 6.16. The summed E-state index contributed by atoms with van der Waals surface area (Å²) in [5.41, 5.74) is 8.15. The Kier molecular flexibility index (Phi) is 1.99. The molecule has 2 fully saturated rings. The maximum absolute atomic E-state index is 10.3. The van der Waals surface area contributed by atoms with E-state index in [0.717, 1.165) is 31.2 Å². The van der Waals surface area contributed by atoms with Gasteiger partial charge >= 0.3 is 0 Å². The highest BCUT2D eigenvalue weighted by molar-refractivity contribution is 5.45. The van der Waals surface area contributed by atoms with Gasteiger partial charge in [0.1, 0.15) is 0 Å². The molecule has 0 aromatic heterocycles. The molecule has 2 saturated carbocycles. The minimum atomic E-state index is -0.541. The van der Waals surface area contributed by atoms with Crippen molar-refractivity contribution in [2.45, 2.75) is 49.7 Å². The van der Waals surface area contributed by atoms with E-state index in [1.807, 2.05) is 6.07 Å². The van der Waals surface area contributed by atoms with Crippen LogP contribution in [0.3, 0.4) is 0 Å². The van der Waals surface area contributed by atoms with E-state index < -0.39 is 5.60 Å². The summed E-state index contributed by atoms with van der Waals surface area (Å²) in [6.07, 6.45) is 4.13. The van der Waals surface area contributed by atoms with Crippen molar-refractivity contribution in [3.63, 3.8) is 0 Å². The van der Waals surface area contributed by atoms with Crippen LogP contribution in [-0.4, -0.2) is 11.1 Å². The van der Waals surface area contributed by atoms with E-state index in [1.165, 1.54) is 5.56 Å². The minimum absolute atomic E-state index is 0.148. The number of nitrogens with two attached hydrogens (primary N) is 1. The molecule has 1 atom stereocenters. The highest BCUT2D eigenvalue weighted by Gasteiger charge is 2.52. The molecule has 3 rings (SSSR count). The minimum Gasteiger partial charge on any atom is -0.385 e. The van der Waals surface area contributed by atoms with Crippen LogP contribution in [0, 0.1) is 0 Å². The van der Waals surface area contributed by atoms with Crippen molar-refractivity contribution in [3.8, 4) is 0 Å². The van der Waals surface area contributed by atoms with Crippen molar-refractivity contribution in [1.82, 2.24) is 0 Å². The van der Waals surface area contributed by atoms with E-state index >= 15 is 0 Å². The Labute approximate surface area is 96.5 Å². The van der Waals surface area contributed by atoms with E-state index in [1.54, 1.807) is 0 Å². The highest BCUT2D eigenvalue weighted by atomic mass is 16.3. The summed E-state index contributed by atoms with van der Waals surface area (Å²) in [6, 6.07) is 8.49. The van der Waals surface area contributed by atoms with E-state index in [0.29, 0.717) is 0 Å². The van der Waals surface area contributed by atoms with E-state index in [-0.39, 0.29) is 11.5 Å². The largest absolute Gasteiger partial charge is 0.385 e. The van der Waals surface area contributed by atoms with Crippen LogP contribution in [-0.2, 0) is 11.0 Å². The Morgan fingerprint density at radius 2 is 1.69 bits per heavy atom. The molecule has 1 aromatic carbocycles. The van der Waals surface area contributed by atoms with Crippen molar-refractivity contribution in [2.24, 2.45) is 5.73 Å². The average molecular weight is 217 g/mol. The van der Waals surface area contributed by atoms with Crippen LogP contribution in [0.15, 0.2) is 24.3 Å². The van der Waals surface area contributed by atoms with Crippen molar-refractivity contribution in [3.05, 3.63) is 35.4 Å². The molecule has 0 saturated heterocycles. The standard InChI is InChI=1S/C14H19NO/c1-10(15)13(6-7-13)11-4-2-3-5-12(11)14(16)8-9-14/h2-5,10,16H,6-9,15H2,1H3. The smallest absolute Gasteiger partial charge is 0.0901 e. The normalized spacial score (nSPS) is 26.2. The average Bonchev–Trinajstić information content (AvgIpc) is 3.13. The summed E-state index contributed by atoms with van der Waals surface area (Å²) in [4.78, 5) is 0. The second kappa shape index (κ2) is 3.08. The lowest BCUT2D eigenvalue weighted by Crippen LogP contribution is -2.33. The molecule has 0 heterocycles. The summed E-state index contributed by atoms with van der Waals surface area (Å²) in [6.45, 7) is 2.08. The number of benzene rings is 1. The van der Waals surface area contributed by atoms with Gasteiger partial charge in [-0.2, -0.15) is 0 Å². The summed E-state index contributed by atoms with van der Waals surface area (Å²) in [5.74, 6) is 0. The van der Waals surface area contributed by atoms with Gasteiger partial charge < -0.3 is 10.8 Å². The second-order valence-electron chi connectivity index (χ2n) is 5.52. The zero-order chi connectivity index (χ0) is 11.4. The van der Waals surface area contributed by atoms with Crippen LogP contribution in [0.5, 0.6) is 0 Å². The van der Waals surface area contributed by atoms with Gasteiger partial charge in [0.2, 0.25) is 0 Å². The molecule has 0 aliphatic heterocycles. The molecule has 0 bridgehead atoms. The van der Waals surface area contributed by atoms with Crippen LogP contribution in [0.1, 0.15) is 43.7 Å². The Bertz CT molecular complexity index is 416. The molecule has 1 aromatic rings. The van der Waals surface area contributed by atoms with Crippen molar-refractivity contribution in [2.75, 3.05) is 0 Å². The maximum atomic E-state index is 10.3. The fourth-order valence-corrected chi connectivity index (χ4v) is 2.82. The lowest BCUT2D eigenvalue weighted by atomic mass is 9.84. The van der Waals surface area contributed by atoms with Gasteiger partial charge in [-0.25, -0.2) is 0 Å². The van der Waals surface area contributed by atoms with E-state index in [9.17, 15) is 5.11 Å². The van der Waals surface area contributed by atoms with Gasteiger partial charge in [-0.05, 0) is 43.7 Å². The Morgan fingerprint density at radius 3 is 2.12 bits per heavy atom. The van der Waals surface area contributed by atoms with E-state index in [4.69, 9.17) is 5.73 Å². The highest BCUT2D eigenvalue weighted by Crippen LogP contribution is 2.56. The number of rotatable bonds is 3. The van der Waals surface area contributed by atoms with Crippen molar-refractivity contribution < 1.29 is 5.11 Å². The monoisotopic (exact) mass is 217 g/mol. The number of hydrogen-bond donors (Lipinski definition) is 2. The summed E-state index contributed by atoms with van der Waals surface area (Å²) in [5, 5.41) is 10.3. The Morgan fingerprint density at radius 1 is 1.12 bits per heavy atom. The Balaban J connectivity index is 2.08. The lowest BCUT2D eigenvalue weighted by Gasteiger charge is -2.25. The predicted octanol–water partition coefficient (Wildman–Crippen LogP) is 2.05. The predicted molar refractivity (Wildman–Crippen MR) is 64.1 cm³/mol. The molecule has 1 unspecified atom stereocenters. The van der Waals surface area contributed by atoms with Crippen LogP contribution in [0.4, 0.5) is 0 Å². The molecule has 0 radical (unpaired) electrons. The van der Waals surface area contributed by atoms with Crippen LogP contribution in [0.25, 0.3) is 0 Å². The first-order chi connectivity index (χ1) is 7.58. The third kappa shape index (κ3) is 1.33. The van der Waals surface area contributed by atoms with Gasteiger partial charge in [0.25, 0.3) is 0 Å². The third-order valence-corrected chi connectivity index (χ3v) is 4.35. The summed E-state index contributed by atoms with van der Waals surface area (Å²) >= 11 is 0. The SMILES string of the molecule is CC(N)C1(c2ccccc2C2(O)CC2)CC1. The Hall–Kier alpha value is -0.860. The lowest BCUT2D eigenvalue weighted by molar-refractivity contribution is 0.149. The third-order valence-electron chi connectivity index (χ3n) is 4.35. The van der Waals surface area contributed by atoms with Gasteiger partial charge in [0.05, 0.1) is 5.60 Å². The zero-order valence-electron chi connectivity index (χ0n) is 9.74. The van der Waals surface area contributed by atoms with Crippen LogP contribution >= 0.6 is 0 Å². The van der Waals surface area contributed by atoms with Gasteiger partial charge in [-0.15, -0.1) is 0 Å². The summed E-state index contributed by atoms with van der Waals surface area (Å²) < 4.78 is 0. The fraction of sp³-hybridized carbons (Fsp3) is 0.571. The van der Waals surface area contributed by atoms with Crippen LogP contribution < -0.4 is 5.73 Å². The van der Waals surface area contributed by atoms with Gasteiger partial charge in [-0.1, -0.05) is 24.3 Å². The molecular weight excluding hydrogens is 198 g/mol. The van der Waals surface area contributed by atoms with Crippen molar-refractivity contribution in [1.29, 1.82) is 0 Å². The van der Waals surface area contributed by atoms with Gasteiger partial charge in [0, 0.05) is 11.5 Å². The molecule has 0 spiro atoms. The molecule has 16 heavy (non-hydrogen) atoms. The molecular formula is C14H19NO. The molecule has 86 valence electrons. The molecule has 2 aliphatic carbocycles. The second-order valence-corrected chi connectivity index (χ2v) is 5.52. The first-order valence-electron chi connectivity index (χ1n) is 6.16. The molecule has 3 N–H and O–H groups in total. The molecule has 2 aliphatic rings. The molecule has 0 amide bonds. The molecule has 2 nitrogen and oxygen atoms in total. The van der Waals surface area contributed by atoms with Crippen molar-refractivity contribution >= 4 is 0 Å². The molecule has 2 heteroatoms. The summed E-state index contributed by atoms with van der Waals surface area (Å²) in [7, 11) is 0. The quantitative estimate of drug-likeness (QED) is 0.814. The van der Waals surface area contributed by atoms with Gasteiger partial charge in [-0.3, -0.25) is 0 Å². The van der Waals surface area contributed by atoms with Crippen LogP contribution in [0.2, 0.25) is 0 Å². The van der Waals surface area contributed by atoms with E-state index in [2.05, 4.69) is 25.1 Å². The number of aliphatic hydroxyl groups is 1. The van der Waals surface area contributed by atoms with Gasteiger partial charge in [0.15, 0.2) is 0 Å². The number of hydrogen-bond acceptors (Lipinski definition) is 2.